The zero-order chi connectivity index (χ0) is 8.39. The summed E-state index contributed by atoms with van der Waals surface area (Å²) in [6, 6.07) is 0. The van der Waals surface area contributed by atoms with Gasteiger partial charge in [-0.15, -0.1) is 0 Å². The lowest BCUT2D eigenvalue weighted by Gasteiger charge is -1.96. The summed E-state index contributed by atoms with van der Waals surface area (Å²) in [6.45, 7) is 5.04. The van der Waals surface area contributed by atoms with Crippen LogP contribution in [-0.4, -0.2) is 23.4 Å². The van der Waals surface area contributed by atoms with Crippen molar-refractivity contribution in [3.63, 3.8) is 0 Å². The van der Waals surface area contributed by atoms with Crippen LogP contribution in [0.4, 0.5) is 0 Å². The zero-order valence-corrected chi connectivity index (χ0v) is 6.69. The van der Waals surface area contributed by atoms with Crippen molar-refractivity contribution in [3.8, 4) is 0 Å². The fourth-order valence-corrected chi connectivity index (χ4v) is 1.23. The lowest BCUT2D eigenvalue weighted by atomic mass is 10.1. The minimum absolute atomic E-state index is 0.308. The summed E-state index contributed by atoms with van der Waals surface area (Å²) >= 11 is 0. The van der Waals surface area contributed by atoms with E-state index >= 15 is 0 Å². The van der Waals surface area contributed by atoms with Gasteiger partial charge in [0.1, 0.15) is 0 Å². The highest BCUT2D eigenvalue weighted by atomic mass is 16.5. The van der Waals surface area contributed by atoms with Crippen LogP contribution in [0.25, 0.3) is 6.08 Å². The van der Waals surface area contributed by atoms with Crippen molar-refractivity contribution in [2.75, 3.05) is 13.2 Å². The Morgan fingerprint density at radius 3 is 3.08 bits per heavy atom. The van der Waals surface area contributed by atoms with Gasteiger partial charge in [0.05, 0.1) is 6.61 Å². The van der Waals surface area contributed by atoms with E-state index < -0.39 is 0 Å². The molecule has 1 aromatic rings. The van der Waals surface area contributed by atoms with Gasteiger partial charge < -0.3 is 9.26 Å². The van der Waals surface area contributed by atoms with Crippen LogP contribution < -0.4 is 0 Å². The van der Waals surface area contributed by atoms with Crippen LogP contribution in [0.15, 0.2) is 11.1 Å². The van der Waals surface area contributed by atoms with Gasteiger partial charge >= 0.3 is 0 Å². The molecule has 1 aliphatic heterocycles. The monoisotopic (exact) mass is 166 g/mol. The van der Waals surface area contributed by atoms with Crippen molar-refractivity contribution >= 4 is 6.08 Å². The quantitative estimate of drug-likeness (QED) is 0.662. The summed E-state index contributed by atoms with van der Waals surface area (Å²) in [6.07, 6.45) is 2.53. The topological polar surface area (TPSA) is 48.2 Å². The molecular formula is C8H10N2O2. The van der Waals surface area contributed by atoms with Crippen molar-refractivity contribution < 1.29 is 9.26 Å². The van der Waals surface area contributed by atoms with Crippen LogP contribution >= 0.6 is 0 Å². The Hall–Kier alpha value is -1.16. The molecule has 1 aromatic heterocycles. The minimum atomic E-state index is 0.308. The fourth-order valence-electron chi connectivity index (χ4n) is 1.23. The Labute approximate surface area is 70.2 Å². The van der Waals surface area contributed by atoms with Gasteiger partial charge in [0.15, 0.2) is 5.82 Å². The second-order valence-electron chi connectivity index (χ2n) is 2.76. The lowest BCUT2D eigenvalue weighted by Crippen LogP contribution is -1.99. The molecule has 0 aliphatic carbocycles. The zero-order valence-electron chi connectivity index (χ0n) is 6.69. The number of hydrogen-bond acceptors (Lipinski definition) is 4. The Morgan fingerprint density at radius 2 is 2.50 bits per heavy atom. The highest BCUT2D eigenvalue weighted by molar-refractivity contribution is 5.32. The van der Waals surface area contributed by atoms with Gasteiger partial charge in [-0.3, -0.25) is 0 Å². The molecule has 0 saturated carbocycles. The van der Waals surface area contributed by atoms with Gasteiger partial charge in [-0.25, -0.2) is 0 Å². The van der Waals surface area contributed by atoms with E-state index in [9.17, 15) is 0 Å². The summed E-state index contributed by atoms with van der Waals surface area (Å²) in [5, 5.41) is 3.83. The molecule has 0 aromatic carbocycles. The largest absolute Gasteiger partial charge is 0.381 e. The van der Waals surface area contributed by atoms with E-state index in [1.54, 1.807) is 6.08 Å². The first-order valence-corrected chi connectivity index (χ1v) is 3.94. The standard InChI is InChI=1S/C8H10N2O2/c1-2-7-9-8(10-12-7)6-3-4-11-5-6/h2,6H,1,3-5H2. The second kappa shape index (κ2) is 3.06. The van der Waals surface area contributed by atoms with Gasteiger partial charge in [0, 0.05) is 12.5 Å². The molecule has 1 unspecified atom stereocenters. The molecule has 64 valence electrons. The van der Waals surface area contributed by atoms with Gasteiger partial charge in [-0.1, -0.05) is 11.7 Å². The molecule has 1 saturated heterocycles. The maximum absolute atomic E-state index is 5.21. The number of hydrogen-bond donors (Lipinski definition) is 0. The molecule has 0 N–H and O–H groups in total. The predicted octanol–water partition coefficient (Wildman–Crippen LogP) is 1.22. The van der Waals surface area contributed by atoms with Crippen LogP contribution in [0, 0.1) is 0 Å². The second-order valence-corrected chi connectivity index (χ2v) is 2.76. The average Bonchev–Trinajstić information content (AvgIpc) is 2.75. The first kappa shape index (κ1) is 7.49. The summed E-state index contributed by atoms with van der Waals surface area (Å²) < 4.78 is 10.1. The van der Waals surface area contributed by atoms with E-state index in [-0.39, 0.29) is 0 Å². The minimum Gasteiger partial charge on any atom is -0.381 e. The smallest absolute Gasteiger partial charge is 0.250 e. The Balaban J connectivity index is 2.16. The van der Waals surface area contributed by atoms with Gasteiger partial charge in [0.2, 0.25) is 5.89 Å². The van der Waals surface area contributed by atoms with E-state index in [2.05, 4.69) is 16.7 Å². The third-order valence-corrected chi connectivity index (χ3v) is 1.93. The maximum Gasteiger partial charge on any atom is 0.250 e. The van der Waals surface area contributed by atoms with E-state index in [4.69, 9.17) is 9.26 Å². The van der Waals surface area contributed by atoms with Gasteiger partial charge in [-0.05, 0) is 12.5 Å². The number of rotatable bonds is 2. The van der Waals surface area contributed by atoms with Crippen LogP contribution in [0.3, 0.4) is 0 Å². The van der Waals surface area contributed by atoms with E-state index in [0.29, 0.717) is 18.4 Å². The SMILES string of the molecule is C=Cc1nc(C2CCOC2)no1. The summed E-state index contributed by atoms with van der Waals surface area (Å²) in [4.78, 5) is 4.13. The van der Waals surface area contributed by atoms with Crippen LogP contribution in [0.2, 0.25) is 0 Å². The van der Waals surface area contributed by atoms with E-state index in [1.807, 2.05) is 0 Å². The van der Waals surface area contributed by atoms with Crippen LogP contribution in [-0.2, 0) is 4.74 Å². The Morgan fingerprint density at radius 1 is 1.58 bits per heavy atom. The predicted molar refractivity (Wildman–Crippen MR) is 42.6 cm³/mol. The number of ether oxygens (including phenoxy) is 1. The van der Waals surface area contributed by atoms with Crippen molar-refractivity contribution in [3.05, 3.63) is 18.3 Å². The third kappa shape index (κ3) is 1.25. The van der Waals surface area contributed by atoms with Crippen molar-refractivity contribution in [1.82, 2.24) is 10.1 Å². The molecule has 0 radical (unpaired) electrons. The molecule has 1 aliphatic rings. The fraction of sp³-hybridized carbons (Fsp3) is 0.500. The van der Waals surface area contributed by atoms with Crippen molar-refractivity contribution in [2.45, 2.75) is 12.3 Å². The van der Waals surface area contributed by atoms with E-state index in [1.165, 1.54) is 0 Å². The summed E-state index contributed by atoms with van der Waals surface area (Å²) in [5.74, 6) is 1.53. The van der Waals surface area contributed by atoms with Gasteiger partial charge in [-0.2, -0.15) is 4.98 Å². The first-order chi connectivity index (χ1) is 5.90. The molecule has 2 rings (SSSR count). The Bertz CT molecular complexity index is 276. The van der Waals surface area contributed by atoms with Crippen LogP contribution in [0.5, 0.6) is 0 Å². The molecule has 0 bridgehead atoms. The van der Waals surface area contributed by atoms with E-state index in [0.717, 1.165) is 18.9 Å². The number of aromatic nitrogens is 2. The lowest BCUT2D eigenvalue weighted by molar-refractivity contribution is 0.192. The molecule has 2 heterocycles. The maximum atomic E-state index is 5.21. The highest BCUT2D eigenvalue weighted by Gasteiger charge is 2.22. The van der Waals surface area contributed by atoms with Crippen molar-refractivity contribution in [1.29, 1.82) is 0 Å². The molecule has 0 amide bonds. The normalized spacial score (nSPS) is 22.8. The molecule has 4 nitrogen and oxygen atoms in total. The molecule has 1 atom stereocenters. The highest BCUT2D eigenvalue weighted by Crippen LogP contribution is 2.22. The summed E-state index contributed by atoms with van der Waals surface area (Å²) in [7, 11) is 0. The molecule has 1 fully saturated rings. The third-order valence-electron chi connectivity index (χ3n) is 1.93. The number of nitrogens with zero attached hydrogens (tertiary/aromatic N) is 2. The van der Waals surface area contributed by atoms with Gasteiger partial charge in [0.25, 0.3) is 0 Å². The van der Waals surface area contributed by atoms with Crippen molar-refractivity contribution in [2.24, 2.45) is 0 Å². The van der Waals surface area contributed by atoms with Crippen LogP contribution in [0.1, 0.15) is 24.1 Å². The Kier molecular flexibility index (Phi) is 1.91. The average molecular weight is 166 g/mol. The first-order valence-electron chi connectivity index (χ1n) is 3.94. The molecule has 4 heteroatoms. The summed E-state index contributed by atoms with van der Waals surface area (Å²) in [5.41, 5.74) is 0. The molecule has 0 spiro atoms. The molecular weight excluding hydrogens is 156 g/mol. The molecule has 12 heavy (non-hydrogen) atoms.